The number of hydrogen-bond donors (Lipinski definition) is 2. The van der Waals surface area contributed by atoms with Gasteiger partial charge in [0, 0.05) is 22.7 Å². The summed E-state index contributed by atoms with van der Waals surface area (Å²) >= 11 is 3.70. The molecule has 0 bridgehead atoms. The lowest BCUT2D eigenvalue weighted by atomic mass is 10.2. The maximum absolute atomic E-state index is 9.98. The average molecular weight is 271 g/mol. The van der Waals surface area contributed by atoms with E-state index in [0.717, 1.165) is 10.1 Å². The van der Waals surface area contributed by atoms with Gasteiger partial charge >= 0.3 is 0 Å². The predicted octanol–water partition coefficient (Wildman–Crippen LogP) is 3.05. The quantitative estimate of drug-likeness (QED) is 0.834. The molecule has 1 heterocycles. The first kappa shape index (κ1) is 13.4. The van der Waals surface area contributed by atoms with Crippen LogP contribution in [0.3, 0.4) is 0 Å². The third kappa shape index (κ3) is 3.98. The minimum atomic E-state index is -0.340. The van der Waals surface area contributed by atoms with Crippen molar-refractivity contribution >= 4 is 23.1 Å². The van der Waals surface area contributed by atoms with Gasteiger partial charge in [-0.15, -0.1) is 11.3 Å². The zero-order valence-corrected chi connectivity index (χ0v) is 11.9. The van der Waals surface area contributed by atoms with Gasteiger partial charge < -0.3 is 10.4 Å². The van der Waals surface area contributed by atoms with Crippen LogP contribution in [0.4, 0.5) is 0 Å². The molecule has 3 unspecified atom stereocenters. The van der Waals surface area contributed by atoms with Crippen molar-refractivity contribution in [3.8, 4) is 0 Å². The van der Waals surface area contributed by atoms with E-state index in [1.807, 2.05) is 17.5 Å². The standard InChI is InChI=1S/C13H21NOS2/c1-2-16-11-6-5-10(8-11)14-9-12(15)13-4-3-7-17-13/h3-4,7,10-12,14-15H,2,5-6,8-9H2,1H3. The van der Waals surface area contributed by atoms with Crippen LogP contribution in [0.1, 0.15) is 37.2 Å². The molecule has 2 rings (SSSR count). The van der Waals surface area contributed by atoms with Crippen LogP contribution in [0.25, 0.3) is 0 Å². The molecule has 0 amide bonds. The maximum Gasteiger partial charge on any atom is 0.101 e. The lowest BCUT2D eigenvalue weighted by molar-refractivity contribution is 0.173. The lowest BCUT2D eigenvalue weighted by Crippen LogP contribution is -2.30. The van der Waals surface area contributed by atoms with Crippen molar-refractivity contribution in [1.29, 1.82) is 0 Å². The van der Waals surface area contributed by atoms with Gasteiger partial charge in [0.25, 0.3) is 0 Å². The highest BCUT2D eigenvalue weighted by Crippen LogP contribution is 2.30. The Bertz CT molecular complexity index is 315. The molecule has 0 aliphatic heterocycles. The fourth-order valence-corrected chi connectivity index (χ4v) is 4.23. The number of aliphatic hydroxyl groups excluding tert-OH is 1. The molecule has 4 heteroatoms. The summed E-state index contributed by atoms with van der Waals surface area (Å²) in [6.07, 6.45) is 3.50. The van der Waals surface area contributed by atoms with Crippen LogP contribution in [-0.4, -0.2) is 28.7 Å². The molecule has 3 atom stereocenters. The van der Waals surface area contributed by atoms with E-state index in [2.05, 4.69) is 24.0 Å². The molecule has 1 aliphatic carbocycles. The third-order valence-corrected chi connectivity index (χ3v) is 5.46. The molecule has 17 heavy (non-hydrogen) atoms. The van der Waals surface area contributed by atoms with Gasteiger partial charge in [0.1, 0.15) is 6.10 Å². The first-order valence-electron chi connectivity index (χ1n) is 6.36. The van der Waals surface area contributed by atoms with E-state index in [1.165, 1.54) is 25.0 Å². The summed E-state index contributed by atoms with van der Waals surface area (Å²) in [7, 11) is 0. The Morgan fingerprint density at radius 3 is 3.18 bits per heavy atom. The Kier molecular flexibility index (Phi) is 5.35. The van der Waals surface area contributed by atoms with Gasteiger partial charge in [-0.25, -0.2) is 0 Å². The van der Waals surface area contributed by atoms with Gasteiger partial charge in [0.15, 0.2) is 0 Å². The van der Waals surface area contributed by atoms with Crippen molar-refractivity contribution < 1.29 is 5.11 Å². The van der Waals surface area contributed by atoms with Crippen molar-refractivity contribution in [1.82, 2.24) is 5.32 Å². The van der Waals surface area contributed by atoms with E-state index in [0.29, 0.717) is 12.6 Å². The van der Waals surface area contributed by atoms with Crippen LogP contribution in [-0.2, 0) is 0 Å². The van der Waals surface area contributed by atoms with Crippen LogP contribution in [0.5, 0.6) is 0 Å². The van der Waals surface area contributed by atoms with Crippen molar-refractivity contribution in [2.75, 3.05) is 12.3 Å². The van der Waals surface area contributed by atoms with Gasteiger partial charge in [0.05, 0.1) is 0 Å². The predicted molar refractivity (Wildman–Crippen MR) is 76.8 cm³/mol. The minimum Gasteiger partial charge on any atom is -0.386 e. The number of aliphatic hydroxyl groups is 1. The van der Waals surface area contributed by atoms with E-state index in [4.69, 9.17) is 0 Å². The molecule has 96 valence electrons. The highest BCUT2D eigenvalue weighted by Gasteiger charge is 2.24. The van der Waals surface area contributed by atoms with Crippen molar-refractivity contribution in [3.05, 3.63) is 22.4 Å². The monoisotopic (exact) mass is 271 g/mol. The fraction of sp³-hybridized carbons (Fsp3) is 0.692. The topological polar surface area (TPSA) is 32.3 Å². The van der Waals surface area contributed by atoms with Crippen LogP contribution in [0, 0.1) is 0 Å². The molecule has 2 nitrogen and oxygen atoms in total. The van der Waals surface area contributed by atoms with Gasteiger partial charge in [-0.3, -0.25) is 0 Å². The number of thioether (sulfide) groups is 1. The van der Waals surface area contributed by atoms with Gasteiger partial charge in [-0.2, -0.15) is 11.8 Å². The molecular formula is C13H21NOS2. The highest BCUT2D eigenvalue weighted by atomic mass is 32.2. The smallest absolute Gasteiger partial charge is 0.101 e. The average Bonchev–Trinajstić information content (AvgIpc) is 2.97. The van der Waals surface area contributed by atoms with Crippen LogP contribution >= 0.6 is 23.1 Å². The first-order valence-corrected chi connectivity index (χ1v) is 8.29. The summed E-state index contributed by atoms with van der Waals surface area (Å²) in [5.74, 6) is 1.22. The number of rotatable bonds is 6. The Labute approximate surface area is 112 Å². The van der Waals surface area contributed by atoms with Crippen molar-refractivity contribution in [2.24, 2.45) is 0 Å². The molecular weight excluding hydrogens is 250 g/mol. The summed E-state index contributed by atoms with van der Waals surface area (Å²) < 4.78 is 0. The Morgan fingerprint density at radius 1 is 1.59 bits per heavy atom. The normalized spacial score (nSPS) is 26.2. The molecule has 1 saturated carbocycles. The molecule has 1 aromatic heterocycles. The zero-order chi connectivity index (χ0) is 12.1. The van der Waals surface area contributed by atoms with Gasteiger partial charge in [-0.1, -0.05) is 13.0 Å². The number of hydrogen-bond acceptors (Lipinski definition) is 4. The second-order valence-electron chi connectivity index (χ2n) is 4.53. The van der Waals surface area contributed by atoms with Gasteiger partial charge in [0.2, 0.25) is 0 Å². The molecule has 1 aromatic rings. The molecule has 1 fully saturated rings. The maximum atomic E-state index is 9.98. The van der Waals surface area contributed by atoms with Crippen molar-refractivity contribution in [2.45, 2.75) is 43.6 Å². The number of nitrogens with one attached hydrogen (secondary N) is 1. The second kappa shape index (κ2) is 6.78. The first-order chi connectivity index (χ1) is 8.29. The second-order valence-corrected chi connectivity index (χ2v) is 7.08. The van der Waals surface area contributed by atoms with Crippen molar-refractivity contribution in [3.63, 3.8) is 0 Å². The third-order valence-electron chi connectivity index (χ3n) is 3.26. The molecule has 1 aliphatic rings. The largest absolute Gasteiger partial charge is 0.386 e. The molecule has 0 spiro atoms. The van der Waals surface area contributed by atoms with Crippen LogP contribution in [0.2, 0.25) is 0 Å². The summed E-state index contributed by atoms with van der Waals surface area (Å²) in [6, 6.07) is 4.60. The Hall–Kier alpha value is -0.0300. The van der Waals surface area contributed by atoms with Gasteiger partial charge in [-0.05, 0) is 36.5 Å². The van der Waals surface area contributed by atoms with Crippen LogP contribution in [0.15, 0.2) is 17.5 Å². The molecule has 2 N–H and O–H groups in total. The van der Waals surface area contributed by atoms with E-state index in [-0.39, 0.29) is 6.10 Å². The molecule has 0 aromatic carbocycles. The van der Waals surface area contributed by atoms with E-state index < -0.39 is 0 Å². The summed E-state index contributed by atoms with van der Waals surface area (Å²) in [4.78, 5) is 1.06. The fourth-order valence-electron chi connectivity index (χ4n) is 2.37. The minimum absolute atomic E-state index is 0.340. The molecule has 0 saturated heterocycles. The Morgan fingerprint density at radius 2 is 2.47 bits per heavy atom. The lowest BCUT2D eigenvalue weighted by Gasteiger charge is -2.15. The Balaban J connectivity index is 1.69. The summed E-state index contributed by atoms with van der Waals surface area (Å²) in [5, 5.41) is 16.3. The molecule has 0 radical (unpaired) electrons. The van der Waals surface area contributed by atoms with Crippen LogP contribution < -0.4 is 5.32 Å². The SMILES string of the molecule is CCSC1CCC(NCC(O)c2cccs2)C1. The highest BCUT2D eigenvalue weighted by molar-refractivity contribution is 7.99. The summed E-state index contributed by atoms with van der Waals surface area (Å²) in [6.45, 7) is 2.92. The van der Waals surface area contributed by atoms with E-state index in [1.54, 1.807) is 11.3 Å². The number of thiophene rings is 1. The zero-order valence-electron chi connectivity index (χ0n) is 10.3. The van der Waals surface area contributed by atoms with E-state index >= 15 is 0 Å². The van der Waals surface area contributed by atoms with E-state index in [9.17, 15) is 5.11 Å². The summed E-state index contributed by atoms with van der Waals surface area (Å²) in [5.41, 5.74) is 0.